The quantitative estimate of drug-likeness (QED) is 0.352. The maximum absolute atomic E-state index is 12.6. The van der Waals surface area contributed by atoms with Gasteiger partial charge in [-0.25, -0.2) is 9.98 Å². The molecule has 0 spiro atoms. The highest BCUT2D eigenvalue weighted by molar-refractivity contribution is 14.0. The first-order chi connectivity index (χ1) is 12.5. The number of nitrogens with one attached hydrogen (secondary N) is 2. The number of fused-ring (bicyclic) bond motifs is 1. The van der Waals surface area contributed by atoms with Gasteiger partial charge >= 0.3 is 6.18 Å². The highest BCUT2D eigenvalue weighted by atomic mass is 127. The molecule has 0 amide bonds. The molecule has 1 aliphatic heterocycles. The number of thiazole rings is 1. The molecule has 3 rings (SSSR count). The van der Waals surface area contributed by atoms with Gasteiger partial charge in [0.1, 0.15) is 12.4 Å². The SMILES string of the molecule is CCNC(=NCc1nnc2n1CCC2)NCCc1nc(C(F)(F)F)cs1.I. The van der Waals surface area contributed by atoms with E-state index in [4.69, 9.17) is 0 Å². The summed E-state index contributed by atoms with van der Waals surface area (Å²) >= 11 is 1.01. The monoisotopic (exact) mass is 515 g/mol. The Morgan fingerprint density at radius 1 is 1.33 bits per heavy atom. The molecule has 0 aromatic carbocycles. The van der Waals surface area contributed by atoms with Gasteiger partial charge in [0.05, 0.1) is 5.01 Å². The molecule has 0 radical (unpaired) electrons. The van der Waals surface area contributed by atoms with Crippen molar-refractivity contribution in [3.8, 4) is 0 Å². The number of aryl methyl sites for hydroxylation is 1. The summed E-state index contributed by atoms with van der Waals surface area (Å²) in [4.78, 5) is 8.11. The Hall–Kier alpha value is -1.44. The van der Waals surface area contributed by atoms with Crippen molar-refractivity contribution < 1.29 is 13.2 Å². The average Bonchev–Trinajstić information content (AvgIpc) is 3.29. The molecule has 0 saturated heterocycles. The van der Waals surface area contributed by atoms with Gasteiger partial charge in [-0.05, 0) is 13.3 Å². The van der Waals surface area contributed by atoms with Gasteiger partial charge in [-0.15, -0.1) is 45.5 Å². The van der Waals surface area contributed by atoms with Crippen molar-refractivity contribution in [1.82, 2.24) is 30.4 Å². The largest absolute Gasteiger partial charge is 0.434 e. The van der Waals surface area contributed by atoms with Crippen molar-refractivity contribution in [3.05, 3.63) is 27.7 Å². The highest BCUT2D eigenvalue weighted by Crippen LogP contribution is 2.30. The van der Waals surface area contributed by atoms with E-state index in [1.54, 1.807) is 0 Å². The summed E-state index contributed by atoms with van der Waals surface area (Å²) in [5, 5.41) is 16.0. The molecule has 0 bridgehead atoms. The smallest absolute Gasteiger partial charge is 0.357 e. The maximum atomic E-state index is 12.6. The summed E-state index contributed by atoms with van der Waals surface area (Å²) in [7, 11) is 0. The second-order valence-electron chi connectivity index (χ2n) is 5.78. The molecule has 2 N–H and O–H groups in total. The number of rotatable bonds is 6. The van der Waals surface area contributed by atoms with E-state index in [1.165, 1.54) is 0 Å². The van der Waals surface area contributed by atoms with Gasteiger partial charge in [-0.2, -0.15) is 13.2 Å². The Kier molecular flexibility index (Phi) is 7.82. The number of aromatic nitrogens is 4. The number of halogens is 4. The Labute approximate surface area is 175 Å². The normalized spacial score (nSPS) is 14.0. The van der Waals surface area contributed by atoms with Crippen LogP contribution in [-0.2, 0) is 32.1 Å². The van der Waals surface area contributed by atoms with Crippen molar-refractivity contribution in [2.75, 3.05) is 13.1 Å². The topological polar surface area (TPSA) is 80.0 Å². The predicted octanol–water partition coefficient (Wildman–Crippen LogP) is 2.62. The molecule has 12 heteroatoms. The van der Waals surface area contributed by atoms with Crippen LogP contribution in [0, 0.1) is 0 Å². The number of guanidine groups is 1. The summed E-state index contributed by atoms with van der Waals surface area (Å²) in [6.45, 7) is 4.39. The molecular weight excluding hydrogens is 494 g/mol. The molecule has 1 aliphatic rings. The van der Waals surface area contributed by atoms with E-state index < -0.39 is 11.9 Å². The summed E-state index contributed by atoms with van der Waals surface area (Å²) in [5.41, 5.74) is -0.835. The summed E-state index contributed by atoms with van der Waals surface area (Å²) in [6.07, 6.45) is -1.97. The molecule has 0 saturated carbocycles. The zero-order valence-corrected chi connectivity index (χ0v) is 17.9. The lowest BCUT2D eigenvalue weighted by molar-refractivity contribution is -0.140. The van der Waals surface area contributed by atoms with Gasteiger partial charge in [0.25, 0.3) is 0 Å². The minimum absolute atomic E-state index is 0. The first-order valence-electron chi connectivity index (χ1n) is 8.42. The number of nitrogens with zero attached hydrogens (tertiary/aromatic N) is 5. The third-order valence-corrected chi connectivity index (χ3v) is 4.79. The van der Waals surface area contributed by atoms with Crippen molar-refractivity contribution in [2.45, 2.75) is 45.5 Å². The van der Waals surface area contributed by atoms with Gasteiger partial charge in [-0.1, -0.05) is 0 Å². The van der Waals surface area contributed by atoms with Gasteiger partial charge < -0.3 is 15.2 Å². The minimum atomic E-state index is -4.39. The lowest BCUT2D eigenvalue weighted by Gasteiger charge is -2.10. The summed E-state index contributed by atoms with van der Waals surface area (Å²) in [5.74, 6) is 2.41. The van der Waals surface area contributed by atoms with Crippen LogP contribution in [0.1, 0.15) is 35.7 Å². The first kappa shape index (κ1) is 21.9. The molecule has 2 aromatic rings. The Bertz CT molecular complexity index is 772. The van der Waals surface area contributed by atoms with Gasteiger partial charge in [-0.3, -0.25) is 0 Å². The second-order valence-corrected chi connectivity index (χ2v) is 6.73. The first-order valence-corrected chi connectivity index (χ1v) is 9.30. The van der Waals surface area contributed by atoms with Crippen LogP contribution in [-0.4, -0.2) is 38.8 Å². The highest BCUT2D eigenvalue weighted by Gasteiger charge is 2.33. The molecule has 150 valence electrons. The number of alkyl halides is 3. The van der Waals surface area contributed by atoms with Crippen LogP contribution in [0.3, 0.4) is 0 Å². The van der Waals surface area contributed by atoms with Crippen molar-refractivity contribution in [3.63, 3.8) is 0 Å². The van der Waals surface area contributed by atoms with Crippen molar-refractivity contribution >= 4 is 41.3 Å². The van der Waals surface area contributed by atoms with Crippen LogP contribution in [0.15, 0.2) is 10.4 Å². The van der Waals surface area contributed by atoms with Gasteiger partial charge in [0.15, 0.2) is 17.5 Å². The average molecular weight is 515 g/mol. The van der Waals surface area contributed by atoms with E-state index in [1.807, 2.05) is 6.92 Å². The summed E-state index contributed by atoms with van der Waals surface area (Å²) in [6, 6.07) is 0. The number of aliphatic imine (C=N–C) groups is 1. The molecule has 0 unspecified atom stereocenters. The van der Waals surface area contributed by atoms with Crippen molar-refractivity contribution in [2.24, 2.45) is 4.99 Å². The molecule has 0 fully saturated rings. The maximum Gasteiger partial charge on any atom is 0.434 e. The standard InChI is InChI=1S/C15H20F3N7S.HI/c1-2-19-14(21-8-12-24-23-11-4-3-7-25(11)12)20-6-5-13-22-10(9-26-13)15(16,17)18;/h9H,2-8H2,1H3,(H2,19,20,21);1H. The van der Waals surface area contributed by atoms with Crippen LogP contribution in [0.4, 0.5) is 13.2 Å². The summed E-state index contributed by atoms with van der Waals surface area (Å²) < 4.78 is 39.8. The minimum Gasteiger partial charge on any atom is -0.357 e. The van der Waals surface area contributed by atoms with Crippen LogP contribution < -0.4 is 10.6 Å². The lowest BCUT2D eigenvalue weighted by atomic mass is 10.4. The lowest BCUT2D eigenvalue weighted by Crippen LogP contribution is -2.38. The molecule has 27 heavy (non-hydrogen) atoms. The van der Waals surface area contributed by atoms with E-state index in [0.29, 0.717) is 37.0 Å². The third-order valence-electron chi connectivity index (χ3n) is 3.88. The zero-order chi connectivity index (χ0) is 18.6. The van der Waals surface area contributed by atoms with E-state index in [2.05, 4.69) is 35.4 Å². The van der Waals surface area contributed by atoms with E-state index in [9.17, 15) is 13.2 Å². The van der Waals surface area contributed by atoms with Crippen molar-refractivity contribution in [1.29, 1.82) is 0 Å². The van der Waals surface area contributed by atoms with Gasteiger partial charge in [0.2, 0.25) is 0 Å². The molecule has 0 aliphatic carbocycles. The van der Waals surface area contributed by atoms with Crippen LogP contribution >= 0.6 is 35.3 Å². The van der Waals surface area contributed by atoms with E-state index in [-0.39, 0.29) is 24.0 Å². The van der Waals surface area contributed by atoms with Crippen LogP contribution in [0.25, 0.3) is 0 Å². The molecule has 0 atom stereocenters. The third kappa shape index (κ3) is 5.77. The second kappa shape index (κ2) is 9.66. The Morgan fingerprint density at radius 2 is 2.15 bits per heavy atom. The molecule has 3 heterocycles. The molecule has 2 aromatic heterocycles. The molecule has 7 nitrogen and oxygen atoms in total. The Balaban J connectivity index is 0.00000261. The predicted molar refractivity (Wildman–Crippen MR) is 107 cm³/mol. The van der Waals surface area contributed by atoms with E-state index in [0.717, 1.165) is 47.8 Å². The fraction of sp³-hybridized carbons (Fsp3) is 0.600. The Morgan fingerprint density at radius 3 is 2.85 bits per heavy atom. The van der Waals surface area contributed by atoms with E-state index >= 15 is 0 Å². The van der Waals surface area contributed by atoms with Crippen LogP contribution in [0.2, 0.25) is 0 Å². The van der Waals surface area contributed by atoms with Gasteiger partial charge in [0, 0.05) is 37.9 Å². The fourth-order valence-corrected chi connectivity index (χ4v) is 3.47. The zero-order valence-electron chi connectivity index (χ0n) is 14.7. The number of hydrogen-bond acceptors (Lipinski definition) is 5. The van der Waals surface area contributed by atoms with Crippen LogP contribution in [0.5, 0.6) is 0 Å². The number of hydrogen-bond donors (Lipinski definition) is 2. The fourth-order valence-electron chi connectivity index (χ4n) is 2.66. The molecular formula is C15H21F3IN7S.